The zero-order chi connectivity index (χ0) is 21.1. The van der Waals surface area contributed by atoms with Gasteiger partial charge in [-0.05, 0) is 38.5 Å². The number of anilines is 2. The van der Waals surface area contributed by atoms with Crippen molar-refractivity contribution in [2.24, 2.45) is 0 Å². The molecule has 0 aliphatic carbocycles. The van der Waals surface area contributed by atoms with Gasteiger partial charge in [0, 0.05) is 54.6 Å². The molecule has 0 unspecified atom stereocenters. The number of nitrogens with zero attached hydrogens (tertiary/aromatic N) is 4. The molecule has 1 saturated heterocycles. The van der Waals surface area contributed by atoms with Crippen LogP contribution in [-0.4, -0.2) is 53.0 Å². The van der Waals surface area contributed by atoms with Crippen LogP contribution in [0.15, 0.2) is 24.3 Å². The van der Waals surface area contributed by atoms with Crippen LogP contribution in [-0.2, 0) is 4.79 Å². The molecule has 2 heterocycles. The van der Waals surface area contributed by atoms with Gasteiger partial charge in [-0.25, -0.2) is 9.97 Å². The summed E-state index contributed by atoms with van der Waals surface area (Å²) < 4.78 is 0. The summed E-state index contributed by atoms with van der Waals surface area (Å²) in [6, 6.07) is 7.39. The minimum absolute atomic E-state index is 0.0104. The number of carbonyl (C=O) groups is 1. The van der Waals surface area contributed by atoms with Gasteiger partial charge in [0.2, 0.25) is 5.91 Å². The second kappa shape index (κ2) is 9.09. The lowest BCUT2D eigenvalue weighted by Crippen LogP contribution is -2.53. The maximum absolute atomic E-state index is 12.8. The molecule has 1 amide bonds. The molecule has 1 atom stereocenters. The highest BCUT2D eigenvalue weighted by Crippen LogP contribution is 2.24. The van der Waals surface area contributed by atoms with Gasteiger partial charge in [-0.1, -0.05) is 31.5 Å². The molecule has 29 heavy (non-hydrogen) atoms. The van der Waals surface area contributed by atoms with Crippen molar-refractivity contribution < 1.29 is 4.79 Å². The lowest BCUT2D eigenvalue weighted by atomic mass is 10.1. The third kappa shape index (κ3) is 5.06. The number of carbonyl (C=O) groups excluding carboxylic acids is 1. The summed E-state index contributed by atoms with van der Waals surface area (Å²) in [5.74, 6) is 2.15. The quantitative estimate of drug-likeness (QED) is 0.799. The fraction of sp³-hybridized carbons (Fsp3) is 0.500. The number of hydrogen-bond acceptors (Lipinski definition) is 5. The van der Waals surface area contributed by atoms with E-state index in [-0.39, 0.29) is 11.9 Å². The maximum atomic E-state index is 12.8. The molecular formula is C22H30ClN5O. The van der Waals surface area contributed by atoms with E-state index < -0.39 is 0 Å². The average Bonchev–Trinajstić information content (AvgIpc) is 2.70. The van der Waals surface area contributed by atoms with Crippen LogP contribution in [0, 0.1) is 13.8 Å². The van der Waals surface area contributed by atoms with Crippen LogP contribution in [0.3, 0.4) is 0 Å². The van der Waals surface area contributed by atoms with Gasteiger partial charge in [0.25, 0.3) is 0 Å². The number of nitrogens with one attached hydrogen (secondary N) is 1. The second-order valence-electron chi connectivity index (χ2n) is 7.98. The smallest absolute Gasteiger partial charge is 0.241 e. The predicted octanol–water partition coefficient (Wildman–Crippen LogP) is 4.02. The van der Waals surface area contributed by atoms with Gasteiger partial charge in [0.15, 0.2) is 0 Å². The number of amides is 1. The van der Waals surface area contributed by atoms with Crippen LogP contribution in [0.1, 0.15) is 43.8 Å². The molecule has 1 aromatic carbocycles. The first-order valence-corrected chi connectivity index (χ1v) is 10.5. The topological polar surface area (TPSA) is 61.4 Å². The Bertz CT molecular complexity index is 878. The Kier molecular flexibility index (Phi) is 6.75. The highest BCUT2D eigenvalue weighted by atomic mass is 35.5. The fourth-order valence-electron chi connectivity index (χ4n) is 3.48. The van der Waals surface area contributed by atoms with Crippen molar-refractivity contribution in [3.05, 3.63) is 46.4 Å². The Morgan fingerprint density at radius 1 is 1.10 bits per heavy atom. The van der Waals surface area contributed by atoms with E-state index in [1.165, 1.54) is 0 Å². The Balaban J connectivity index is 1.61. The number of benzene rings is 1. The van der Waals surface area contributed by atoms with E-state index in [1.54, 1.807) is 0 Å². The number of piperazine rings is 1. The Hall–Kier alpha value is -2.18. The van der Waals surface area contributed by atoms with E-state index in [1.807, 2.05) is 45.0 Å². The van der Waals surface area contributed by atoms with Crippen molar-refractivity contribution in [2.75, 3.05) is 36.4 Å². The van der Waals surface area contributed by atoms with Crippen molar-refractivity contribution in [1.82, 2.24) is 14.9 Å². The summed E-state index contributed by atoms with van der Waals surface area (Å²) in [4.78, 5) is 26.5. The lowest BCUT2D eigenvalue weighted by molar-refractivity contribution is -0.120. The van der Waals surface area contributed by atoms with Gasteiger partial charge in [0.1, 0.15) is 11.6 Å². The van der Waals surface area contributed by atoms with Crippen LogP contribution in [0.5, 0.6) is 0 Å². The highest BCUT2D eigenvalue weighted by Gasteiger charge is 2.27. The lowest BCUT2D eigenvalue weighted by Gasteiger charge is -2.38. The number of aryl methyl sites for hydroxylation is 1. The van der Waals surface area contributed by atoms with E-state index in [0.29, 0.717) is 10.9 Å². The van der Waals surface area contributed by atoms with Gasteiger partial charge >= 0.3 is 0 Å². The largest absolute Gasteiger partial charge is 0.354 e. The van der Waals surface area contributed by atoms with E-state index in [9.17, 15) is 4.79 Å². The Labute approximate surface area is 178 Å². The van der Waals surface area contributed by atoms with Gasteiger partial charge in [-0.2, -0.15) is 0 Å². The van der Waals surface area contributed by atoms with Crippen LogP contribution in [0.2, 0.25) is 5.02 Å². The van der Waals surface area contributed by atoms with Gasteiger partial charge in [-0.15, -0.1) is 0 Å². The van der Waals surface area contributed by atoms with Crippen molar-refractivity contribution in [3.63, 3.8) is 0 Å². The molecule has 156 valence electrons. The fourth-order valence-corrected chi connectivity index (χ4v) is 3.65. The molecule has 1 fully saturated rings. The van der Waals surface area contributed by atoms with E-state index >= 15 is 0 Å². The summed E-state index contributed by atoms with van der Waals surface area (Å²) >= 11 is 6.16. The Morgan fingerprint density at radius 2 is 1.79 bits per heavy atom. The molecular weight excluding hydrogens is 386 g/mol. The summed E-state index contributed by atoms with van der Waals surface area (Å²) in [6.07, 6.45) is 0. The van der Waals surface area contributed by atoms with Gasteiger partial charge in [0.05, 0.1) is 6.04 Å². The van der Waals surface area contributed by atoms with Crippen molar-refractivity contribution in [3.8, 4) is 0 Å². The minimum Gasteiger partial charge on any atom is -0.354 e. The predicted molar refractivity (Wildman–Crippen MR) is 119 cm³/mol. The van der Waals surface area contributed by atoms with Crippen LogP contribution < -0.4 is 10.2 Å². The summed E-state index contributed by atoms with van der Waals surface area (Å²) in [5, 5.41) is 3.68. The highest BCUT2D eigenvalue weighted by molar-refractivity contribution is 6.31. The standard InChI is InChI=1S/C22H30ClN5O/c1-14(2)21-24-15(3)13-20(26-21)28-11-9-27(10-12-28)17(5)22(29)25-19-8-6-7-18(23)16(19)4/h6-8,13-14,17H,9-12H2,1-5H3,(H,25,29)/t17-/m0/s1. The number of aromatic nitrogens is 2. The first kappa shape index (κ1) is 21.5. The molecule has 1 aliphatic rings. The summed E-state index contributed by atoms with van der Waals surface area (Å²) in [7, 11) is 0. The Morgan fingerprint density at radius 3 is 2.45 bits per heavy atom. The SMILES string of the molecule is Cc1cc(N2CCN([C@@H](C)C(=O)Nc3cccc(Cl)c3C)CC2)nc(C(C)C)n1. The van der Waals surface area contributed by atoms with Crippen molar-refractivity contribution in [1.29, 1.82) is 0 Å². The van der Waals surface area contributed by atoms with E-state index in [0.717, 1.165) is 54.8 Å². The van der Waals surface area contributed by atoms with Crippen molar-refractivity contribution in [2.45, 2.75) is 46.6 Å². The van der Waals surface area contributed by atoms with Gasteiger partial charge in [-0.3, -0.25) is 9.69 Å². The monoisotopic (exact) mass is 415 g/mol. The van der Waals surface area contributed by atoms with Gasteiger partial charge < -0.3 is 10.2 Å². The third-order valence-electron chi connectivity index (χ3n) is 5.47. The molecule has 0 saturated carbocycles. The third-order valence-corrected chi connectivity index (χ3v) is 5.87. The van der Waals surface area contributed by atoms with Crippen LogP contribution in [0.25, 0.3) is 0 Å². The molecule has 1 aliphatic heterocycles. The molecule has 1 aromatic heterocycles. The minimum atomic E-state index is -0.214. The zero-order valence-electron chi connectivity index (χ0n) is 17.9. The molecule has 6 nitrogen and oxygen atoms in total. The summed E-state index contributed by atoms with van der Waals surface area (Å²) in [6.45, 7) is 13.4. The van der Waals surface area contributed by atoms with E-state index in [2.05, 4.69) is 33.9 Å². The normalized spacial score (nSPS) is 16.2. The molecule has 0 bridgehead atoms. The average molecular weight is 416 g/mol. The number of halogens is 1. The van der Waals surface area contributed by atoms with Crippen molar-refractivity contribution >= 4 is 29.0 Å². The first-order chi connectivity index (χ1) is 13.8. The maximum Gasteiger partial charge on any atom is 0.241 e. The molecule has 2 aromatic rings. The van der Waals surface area contributed by atoms with E-state index in [4.69, 9.17) is 16.6 Å². The number of rotatable bonds is 5. The molecule has 0 spiro atoms. The second-order valence-corrected chi connectivity index (χ2v) is 8.39. The molecule has 7 heteroatoms. The number of hydrogen-bond donors (Lipinski definition) is 1. The van der Waals surface area contributed by atoms with Crippen LogP contribution >= 0.6 is 11.6 Å². The molecule has 0 radical (unpaired) electrons. The molecule has 1 N–H and O–H groups in total. The zero-order valence-corrected chi connectivity index (χ0v) is 18.6. The van der Waals surface area contributed by atoms with Crippen LogP contribution in [0.4, 0.5) is 11.5 Å². The first-order valence-electron chi connectivity index (χ1n) is 10.2. The summed E-state index contributed by atoms with van der Waals surface area (Å²) in [5.41, 5.74) is 2.65. The molecule has 3 rings (SSSR count).